The molecular weight excluding hydrogens is 538 g/mol. The third-order valence-corrected chi connectivity index (χ3v) is 7.68. The fourth-order valence-corrected chi connectivity index (χ4v) is 5.38. The minimum atomic E-state index is -0.709. The second-order valence-corrected chi connectivity index (χ2v) is 10.5. The summed E-state index contributed by atoms with van der Waals surface area (Å²) in [6.07, 6.45) is 1.84. The van der Waals surface area contributed by atoms with E-state index in [9.17, 15) is 14.4 Å². The predicted octanol–water partition coefficient (Wildman–Crippen LogP) is 4.36. The van der Waals surface area contributed by atoms with Gasteiger partial charge in [0.2, 0.25) is 23.0 Å². The van der Waals surface area contributed by atoms with Crippen molar-refractivity contribution in [2.75, 3.05) is 32.0 Å². The summed E-state index contributed by atoms with van der Waals surface area (Å²) in [4.78, 5) is 39.3. The van der Waals surface area contributed by atoms with Gasteiger partial charge in [0.1, 0.15) is 6.04 Å². The lowest BCUT2D eigenvalue weighted by atomic mass is 9.95. The Morgan fingerprint density at radius 1 is 1.10 bits per heavy atom. The van der Waals surface area contributed by atoms with Gasteiger partial charge in [0, 0.05) is 24.2 Å². The molecular formula is C31H39N5O6. The van der Waals surface area contributed by atoms with Crippen molar-refractivity contribution in [3.63, 3.8) is 0 Å². The van der Waals surface area contributed by atoms with Gasteiger partial charge in [-0.3, -0.25) is 19.5 Å². The quantitative estimate of drug-likeness (QED) is 0.278. The van der Waals surface area contributed by atoms with E-state index in [1.165, 1.54) is 20.1 Å². The number of carbonyl (C=O) groups excluding carboxylic acids is 2. The summed E-state index contributed by atoms with van der Waals surface area (Å²) >= 11 is 0. The van der Waals surface area contributed by atoms with E-state index >= 15 is 0 Å². The maximum absolute atomic E-state index is 13.8. The largest absolute Gasteiger partial charge is 0.493 e. The van der Waals surface area contributed by atoms with Crippen LogP contribution in [0.5, 0.6) is 17.2 Å². The fourth-order valence-electron chi connectivity index (χ4n) is 5.38. The average molecular weight is 578 g/mol. The van der Waals surface area contributed by atoms with E-state index in [1.807, 2.05) is 32.9 Å². The van der Waals surface area contributed by atoms with Crippen molar-refractivity contribution >= 4 is 23.3 Å². The second-order valence-electron chi connectivity index (χ2n) is 10.5. The van der Waals surface area contributed by atoms with Crippen LogP contribution in [0.2, 0.25) is 0 Å². The molecule has 0 saturated heterocycles. The van der Waals surface area contributed by atoms with E-state index in [2.05, 4.69) is 26.1 Å². The SMILES string of the molecule is CC[C@@H](C)[C@H](Nc1ccc2c(cc1=O)[C@@H](NC(C)=O)CCc1cc(OC)c(OC)c(OC)c1-2)C(=O)Nc1cc(C)[nH]n1. The fraction of sp³-hybridized carbons (Fsp3) is 0.419. The normalized spacial score (nSPS) is 15.3. The molecule has 4 N–H and O–H groups in total. The lowest BCUT2D eigenvalue weighted by Crippen LogP contribution is -2.40. The van der Waals surface area contributed by atoms with E-state index in [4.69, 9.17) is 14.2 Å². The number of anilines is 2. The first-order chi connectivity index (χ1) is 20.1. The Hall–Kier alpha value is -4.54. The highest BCUT2D eigenvalue weighted by atomic mass is 16.5. The number of H-pyrrole nitrogens is 1. The van der Waals surface area contributed by atoms with Gasteiger partial charge in [-0.05, 0) is 60.6 Å². The maximum atomic E-state index is 13.8. The van der Waals surface area contributed by atoms with Crippen LogP contribution in [-0.4, -0.2) is 49.4 Å². The number of rotatable bonds is 10. The number of hydrogen-bond acceptors (Lipinski definition) is 8. The summed E-state index contributed by atoms with van der Waals surface area (Å²) in [6.45, 7) is 7.23. The Labute approximate surface area is 245 Å². The van der Waals surface area contributed by atoms with Crippen LogP contribution >= 0.6 is 0 Å². The molecule has 0 unspecified atom stereocenters. The van der Waals surface area contributed by atoms with Crippen molar-refractivity contribution in [3.05, 3.63) is 57.4 Å². The number of benzene rings is 1. The first-order valence-corrected chi connectivity index (χ1v) is 14.0. The maximum Gasteiger partial charge on any atom is 0.248 e. The number of nitrogens with one attached hydrogen (secondary N) is 4. The summed E-state index contributed by atoms with van der Waals surface area (Å²) in [7, 11) is 4.66. The number of ether oxygens (including phenoxy) is 3. The van der Waals surface area contributed by atoms with Gasteiger partial charge in [-0.25, -0.2) is 0 Å². The number of amides is 2. The standard InChI is InChI=1S/C31H39N5O6/c1-8-16(2)28(31(39)34-26-13-17(3)35-36-26)33-23-12-10-20-21(15-24(23)38)22(32-18(4)37)11-9-19-14-25(40-5)29(41-6)30(42-7)27(19)20/h10,12-16,22,28H,8-9,11H2,1-7H3,(H,32,37)(H,33,38)(H2,34,35,36,39)/t16-,22+,28+/m1/s1. The Kier molecular flexibility index (Phi) is 9.39. The molecule has 0 bridgehead atoms. The van der Waals surface area contributed by atoms with Crippen molar-refractivity contribution < 1.29 is 23.8 Å². The topological polar surface area (TPSA) is 144 Å². The van der Waals surface area contributed by atoms with Gasteiger partial charge in [0.25, 0.3) is 0 Å². The molecule has 1 aromatic heterocycles. The van der Waals surface area contributed by atoms with Gasteiger partial charge in [-0.1, -0.05) is 26.3 Å². The van der Waals surface area contributed by atoms with Crippen molar-refractivity contribution in [1.29, 1.82) is 0 Å². The first-order valence-electron chi connectivity index (χ1n) is 14.0. The minimum absolute atomic E-state index is 0.0996. The molecule has 2 amide bonds. The zero-order valence-corrected chi connectivity index (χ0v) is 25.1. The minimum Gasteiger partial charge on any atom is -0.493 e. The molecule has 2 aromatic carbocycles. The van der Waals surface area contributed by atoms with Crippen LogP contribution in [-0.2, 0) is 16.0 Å². The Balaban J connectivity index is 1.87. The van der Waals surface area contributed by atoms with E-state index in [0.717, 1.165) is 16.8 Å². The van der Waals surface area contributed by atoms with Gasteiger partial charge >= 0.3 is 0 Å². The molecule has 1 heterocycles. The number of fused-ring (bicyclic) bond motifs is 3. The number of aromatic nitrogens is 2. The molecule has 11 nitrogen and oxygen atoms in total. The highest BCUT2D eigenvalue weighted by Crippen LogP contribution is 2.50. The average Bonchev–Trinajstić information content (AvgIpc) is 3.23. The van der Waals surface area contributed by atoms with Crippen LogP contribution in [0, 0.1) is 12.8 Å². The van der Waals surface area contributed by atoms with Crippen LogP contribution in [0.3, 0.4) is 0 Å². The molecule has 42 heavy (non-hydrogen) atoms. The Morgan fingerprint density at radius 3 is 2.43 bits per heavy atom. The van der Waals surface area contributed by atoms with Crippen LogP contribution in [0.4, 0.5) is 11.5 Å². The Morgan fingerprint density at radius 2 is 1.83 bits per heavy atom. The zero-order chi connectivity index (χ0) is 30.6. The second kappa shape index (κ2) is 13.0. The van der Waals surface area contributed by atoms with Crippen molar-refractivity contribution in [2.24, 2.45) is 5.92 Å². The zero-order valence-electron chi connectivity index (χ0n) is 25.1. The summed E-state index contributed by atoms with van der Waals surface area (Å²) in [5.74, 6) is 1.22. The molecule has 0 fully saturated rings. The van der Waals surface area contributed by atoms with Crippen molar-refractivity contribution in [2.45, 2.75) is 59.0 Å². The van der Waals surface area contributed by atoms with E-state index in [-0.39, 0.29) is 28.8 Å². The molecule has 1 aliphatic rings. The van der Waals surface area contributed by atoms with Crippen molar-refractivity contribution in [1.82, 2.24) is 15.5 Å². The number of aryl methyl sites for hydroxylation is 2. The smallest absolute Gasteiger partial charge is 0.248 e. The number of methoxy groups -OCH3 is 3. The van der Waals surface area contributed by atoms with E-state index < -0.39 is 12.1 Å². The molecule has 3 atom stereocenters. The van der Waals surface area contributed by atoms with Gasteiger partial charge in [0.15, 0.2) is 17.3 Å². The lowest BCUT2D eigenvalue weighted by molar-refractivity contribution is -0.120. The summed E-state index contributed by atoms with van der Waals surface area (Å²) in [6, 6.07) is 7.54. The number of aromatic amines is 1. The highest BCUT2D eigenvalue weighted by Gasteiger charge is 2.30. The van der Waals surface area contributed by atoms with Gasteiger partial charge in [-0.15, -0.1) is 0 Å². The predicted molar refractivity (Wildman–Crippen MR) is 162 cm³/mol. The van der Waals surface area contributed by atoms with E-state index in [1.54, 1.807) is 26.4 Å². The number of nitrogens with zero attached hydrogens (tertiary/aromatic N) is 1. The van der Waals surface area contributed by atoms with Crippen molar-refractivity contribution in [3.8, 4) is 28.4 Å². The molecule has 0 saturated carbocycles. The van der Waals surface area contributed by atoms with Gasteiger partial charge < -0.3 is 30.2 Å². The van der Waals surface area contributed by atoms with Crippen LogP contribution in [0.25, 0.3) is 11.1 Å². The third-order valence-electron chi connectivity index (χ3n) is 7.68. The monoisotopic (exact) mass is 577 g/mol. The van der Waals surface area contributed by atoms with Gasteiger partial charge in [-0.2, -0.15) is 5.10 Å². The van der Waals surface area contributed by atoms with Crippen LogP contribution < -0.4 is 35.6 Å². The molecule has 0 radical (unpaired) electrons. The summed E-state index contributed by atoms with van der Waals surface area (Å²) in [5.41, 5.74) is 3.79. The summed E-state index contributed by atoms with van der Waals surface area (Å²) in [5, 5.41) is 16.0. The number of carbonyl (C=O) groups is 2. The molecule has 0 aliphatic heterocycles. The highest BCUT2D eigenvalue weighted by molar-refractivity contribution is 5.96. The molecule has 1 aliphatic carbocycles. The molecule has 11 heteroatoms. The first kappa shape index (κ1) is 30.4. The molecule has 0 spiro atoms. The van der Waals surface area contributed by atoms with Crippen LogP contribution in [0.1, 0.15) is 56.5 Å². The summed E-state index contributed by atoms with van der Waals surface area (Å²) < 4.78 is 17.1. The lowest BCUT2D eigenvalue weighted by Gasteiger charge is -2.23. The molecule has 224 valence electrons. The number of hydrogen-bond donors (Lipinski definition) is 4. The molecule has 3 aromatic rings. The molecule has 4 rings (SSSR count). The van der Waals surface area contributed by atoms with Crippen LogP contribution in [0.15, 0.2) is 35.1 Å². The van der Waals surface area contributed by atoms with Gasteiger partial charge in [0.05, 0.1) is 33.1 Å². The Bertz CT molecular complexity index is 1530. The third kappa shape index (κ3) is 6.19. The van der Waals surface area contributed by atoms with E-state index in [0.29, 0.717) is 53.5 Å².